The summed E-state index contributed by atoms with van der Waals surface area (Å²) in [6, 6.07) is 13.5. The summed E-state index contributed by atoms with van der Waals surface area (Å²) in [6.45, 7) is 2.47. The highest BCUT2D eigenvalue weighted by molar-refractivity contribution is 9.10. The van der Waals surface area contributed by atoms with E-state index in [1.165, 1.54) is 11.0 Å². The van der Waals surface area contributed by atoms with Gasteiger partial charge in [0.05, 0.1) is 23.8 Å². The Kier molecular flexibility index (Phi) is 4.97. The minimum absolute atomic E-state index is 0.181. The second-order valence-electron chi connectivity index (χ2n) is 6.74. The van der Waals surface area contributed by atoms with Crippen molar-refractivity contribution in [2.75, 3.05) is 36.0 Å². The Morgan fingerprint density at radius 2 is 1.70 bits per heavy atom. The number of imide groups is 1. The Bertz CT molecular complexity index is 883. The Balaban J connectivity index is 1.45. The molecule has 0 aliphatic carbocycles. The molecule has 0 saturated carbocycles. The predicted molar refractivity (Wildman–Crippen MR) is 105 cm³/mol. The van der Waals surface area contributed by atoms with E-state index in [1.54, 1.807) is 30.3 Å². The molecule has 1 atom stereocenters. The molecule has 140 valence electrons. The van der Waals surface area contributed by atoms with Crippen LogP contribution in [0.2, 0.25) is 0 Å². The Labute approximate surface area is 165 Å². The molecule has 0 bridgehead atoms. The molecular weight excluding hydrogens is 413 g/mol. The summed E-state index contributed by atoms with van der Waals surface area (Å²) in [5, 5.41) is 0. The van der Waals surface area contributed by atoms with Gasteiger partial charge in [-0.3, -0.25) is 14.5 Å². The third-order valence-corrected chi connectivity index (χ3v) is 5.63. The second kappa shape index (κ2) is 7.40. The first-order chi connectivity index (χ1) is 13.0. The maximum Gasteiger partial charge on any atom is 0.251 e. The Hall–Kier alpha value is -2.25. The standard InChI is InChI=1S/C20H19BrFN3O2/c21-14-4-3-5-15(12-14)25-19(26)13-18(20(25)27)24-10-8-23(9-11-24)17-7-2-1-6-16(17)22/h1-7,12,18H,8-11,13H2. The Morgan fingerprint density at radius 1 is 0.963 bits per heavy atom. The molecule has 27 heavy (non-hydrogen) atoms. The van der Waals surface area contributed by atoms with Crippen molar-refractivity contribution in [3.63, 3.8) is 0 Å². The van der Waals surface area contributed by atoms with Gasteiger partial charge >= 0.3 is 0 Å². The summed E-state index contributed by atoms with van der Waals surface area (Å²) < 4.78 is 14.8. The van der Waals surface area contributed by atoms with E-state index < -0.39 is 6.04 Å². The highest BCUT2D eigenvalue weighted by Crippen LogP contribution is 2.29. The maximum absolute atomic E-state index is 14.0. The van der Waals surface area contributed by atoms with Crippen LogP contribution >= 0.6 is 15.9 Å². The molecule has 7 heteroatoms. The van der Waals surface area contributed by atoms with Crippen molar-refractivity contribution in [1.29, 1.82) is 0 Å². The number of hydrogen-bond donors (Lipinski definition) is 0. The van der Waals surface area contributed by atoms with Crippen LogP contribution in [0.15, 0.2) is 53.0 Å². The monoisotopic (exact) mass is 431 g/mol. The third kappa shape index (κ3) is 3.49. The number of carbonyl (C=O) groups is 2. The average Bonchev–Trinajstić information content (AvgIpc) is 2.96. The number of rotatable bonds is 3. The molecule has 4 rings (SSSR count). The topological polar surface area (TPSA) is 43.9 Å². The molecule has 5 nitrogen and oxygen atoms in total. The fraction of sp³-hybridized carbons (Fsp3) is 0.300. The summed E-state index contributed by atoms with van der Waals surface area (Å²) in [7, 11) is 0. The van der Waals surface area contributed by atoms with Gasteiger partial charge in [0.1, 0.15) is 5.82 Å². The van der Waals surface area contributed by atoms with Gasteiger partial charge in [-0.2, -0.15) is 0 Å². The number of para-hydroxylation sites is 1. The fourth-order valence-corrected chi connectivity index (χ4v) is 4.16. The molecule has 2 aliphatic rings. The maximum atomic E-state index is 14.0. The number of benzene rings is 2. The van der Waals surface area contributed by atoms with Crippen molar-refractivity contribution in [1.82, 2.24) is 4.90 Å². The van der Waals surface area contributed by atoms with Crippen molar-refractivity contribution >= 4 is 39.1 Å². The number of nitrogens with zero attached hydrogens (tertiary/aromatic N) is 3. The van der Waals surface area contributed by atoms with E-state index in [0.717, 1.165) is 4.47 Å². The molecule has 1 unspecified atom stereocenters. The van der Waals surface area contributed by atoms with Crippen LogP contribution < -0.4 is 9.80 Å². The molecule has 2 amide bonds. The van der Waals surface area contributed by atoms with Crippen LogP contribution in [-0.4, -0.2) is 48.9 Å². The first-order valence-corrected chi connectivity index (χ1v) is 9.70. The first-order valence-electron chi connectivity index (χ1n) is 8.90. The van der Waals surface area contributed by atoms with Crippen LogP contribution in [0.3, 0.4) is 0 Å². The highest BCUT2D eigenvalue weighted by atomic mass is 79.9. The molecule has 0 N–H and O–H groups in total. The second-order valence-corrected chi connectivity index (χ2v) is 7.66. The van der Waals surface area contributed by atoms with Crippen molar-refractivity contribution < 1.29 is 14.0 Å². The van der Waals surface area contributed by atoms with E-state index in [4.69, 9.17) is 0 Å². The van der Waals surface area contributed by atoms with E-state index in [-0.39, 0.29) is 24.1 Å². The first kappa shape index (κ1) is 18.1. The molecule has 2 aromatic rings. The summed E-state index contributed by atoms with van der Waals surface area (Å²) in [5.74, 6) is -0.601. The van der Waals surface area contributed by atoms with Crippen molar-refractivity contribution in [2.24, 2.45) is 0 Å². The lowest BCUT2D eigenvalue weighted by molar-refractivity contribution is -0.123. The molecule has 2 aliphatic heterocycles. The fourth-order valence-electron chi connectivity index (χ4n) is 3.77. The van der Waals surface area contributed by atoms with Gasteiger partial charge in [-0.25, -0.2) is 9.29 Å². The van der Waals surface area contributed by atoms with Crippen LogP contribution in [0.5, 0.6) is 0 Å². The molecule has 0 aromatic heterocycles. The average molecular weight is 432 g/mol. The quantitative estimate of drug-likeness (QED) is 0.700. The van der Waals surface area contributed by atoms with E-state index in [1.807, 2.05) is 21.9 Å². The summed E-state index contributed by atoms with van der Waals surface area (Å²) in [5.41, 5.74) is 1.17. The molecule has 2 heterocycles. The van der Waals surface area contributed by atoms with Gasteiger partial charge in [0.15, 0.2) is 0 Å². The number of halogens is 2. The lowest BCUT2D eigenvalue weighted by Gasteiger charge is -2.38. The van der Waals surface area contributed by atoms with E-state index in [9.17, 15) is 14.0 Å². The molecule has 0 radical (unpaired) electrons. The summed E-state index contributed by atoms with van der Waals surface area (Å²) >= 11 is 3.38. The molecule has 2 fully saturated rings. The summed E-state index contributed by atoms with van der Waals surface area (Å²) in [6.07, 6.45) is 0.186. The van der Waals surface area contributed by atoms with Crippen LogP contribution in [0.25, 0.3) is 0 Å². The van der Waals surface area contributed by atoms with E-state index >= 15 is 0 Å². The third-order valence-electron chi connectivity index (χ3n) is 5.14. The number of anilines is 2. The molecule has 2 saturated heterocycles. The minimum atomic E-state index is -0.445. The zero-order chi connectivity index (χ0) is 19.0. The van der Waals surface area contributed by atoms with Crippen LogP contribution in [0.1, 0.15) is 6.42 Å². The van der Waals surface area contributed by atoms with E-state index in [0.29, 0.717) is 37.6 Å². The van der Waals surface area contributed by atoms with Crippen molar-refractivity contribution in [3.05, 3.63) is 58.8 Å². The lowest BCUT2D eigenvalue weighted by atomic mass is 10.1. The largest absolute Gasteiger partial charge is 0.367 e. The number of amides is 2. The number of carbonyl (C=O) groups excluding carboxylic acids is 2. The summed E-state index contributed by atoms with van der Waals surface area (Å²) in [4.78, 5) is 30.7. The molecule has 0 spiro atoms. The predicted octanol–water partition coefficient (Wildman–Crippen LogP) is 3.04. The Morgan fingerprint density at radius 3 is 2.41 bits per heavy atom. The van der Waals surface area contributed by atoms with Crippen molar-refractivity contribution in [2.45, 2.75) is 12.5 Å². The lowest BCUT2D eigenvalue weighted by Crippen LogP contribution is -2.52. The van der Waals surface area contributed by atoms with Gasteiger partial charge < -0.3 is 4.90 Å². The van der Waals surface area contributed by atoms with Crippen molar-refractivity contribution in [3.8, 4) is 0 Å². The van der Waals surface area contributed by atoms with Gasteiger partial charge in [-0.15, -0.1) is 0 Å². The van der Waals surface area contributed by atoms with Crippen LogP contribution in [0, 0.1) is 5.82 Å². The minimum Gasteiger partial charge on any atom is -0.367 e. The number of hydrogen-bond acceptors (Lipinski definition) is 4. The normalized spacial score (nSPS) is 21.2. The number of piperazine rings is 1. The van der Waals surface area contributed by atoms with Gasteiger partial charge in [0.25, 0.3) is 5.91 Å². The van der Waals surface area contributed by atoms with Gasteiger partial charge in [-0.1, -0.05) is 34.1 Å². The van der Waals surface area contributed by atoms with Crippen LogP contribution in [-0.2, 0) is 9.59 Å². The zero-order valence-electron chi connectivity index (χ0n) is 14.6. The van der Waals surface area contributed by atoms with Gasteiger partial charge in [0.2, 0.25) is 5.91 Å². The van der Waals surface area contributed by atoms with E-state index in [2.05, 4.69) is 15.9 Å². The van der Waals surface area contributed by atoms with Crippen LogP contribution in [0.4, 0.5) is 15.8 Å². The molecular formula is C20H19BrFN3O2. The smallest absolute Gasteiger partial charge is 0.251 e. The zero-order valence-corrected chi connectivity index (χ0v) is 16.2. The molecule has 2 aromatic carbocycles. The highest BCUT2D eigenvalue weighted by Gasteiger charge is 2.43. The van der Waals surface area contributed by atoms with Gasteiger partial charge in [0, 0.05) is 30.7 Å². The SMILES string of the molecule is O=C1CC(N2CCN(c3ccccc3F)CC2)C(=O)N1c1cccc(Br)c1. The van der Waals surface area contributed by atoms with Gasteiger partial charge in [-0.05, 0) is 30.3 Å².